The van der Waals surface area contributed by atoms with Crippen molar-refractivity contribution in [3.63, 3.8) is 0 Å². The Balaban J connectivity index is 1.57. The molecule has 4 rings (SSSR count). The minimum absolute atomic E-state index is 0.218. The van der Waals surface area contributed by atoms with E-state index >= 15 is 0 Å². The third kappa shape index (κ3) is 3.45. The maximum Gasteiger partial charge on any atom is 0.330 e. The number of carbonyl (C=O) groups excluding carboxylic acids is 1. The summed E-state index contributed by atoms with van der Waals surface area (Å²) in [6, 6.07) is 12.4. The molecule has 9 nitrogen and oxygen atoms in total. The summed E-state index contributed by atoms with van der Waals surface area (Å²) in [7, 11) is 0. The molecule has 0 saturated heterocycles. The van der Waals surface area contributed by atoms with Crippen LogP contribution in [0.1, 0.15) is 27.4 Å². The number of imidazole rings is 1. The van der Waals surface area contributed by atoms with Crippen molar-refractivity contribution in [3.8, 4) is 11.4 Å². The monoisotopic (exact) mass is 389 g/mol. The van der Waals surface area contributed by atoms with Crippen LogP contribution in [0.25, 0.3) is 11.4 Å². The number of aromatic amines is 1. The molecule has 0 aliphatic heterocycles. The number of nitrogens with one attached hydrogen (secondary N) is 2. The predicted molar refractivity (Wildman–Crippen MR) is 108 cm³/mol. The Morgan fingerprint density at radius 2 is 1.83 bits per heavy atom. The third-order valence-electron chi connectivity index (χ3n) is 4.67. The Morgan fingerprint density at radius 3 is 2.45 bits per heavy atom. The van der Waals surface area contributed by atoms with Gasteiger partial charge in [-0.3, -0.25) is 9.36 Å². The lowest BCUT2D eigenvalue weighted by Gasteiger charge is -2.11. The van der Waals surface area contributed by atoms with Gasteiger partial charge >= 0.3 is 5.69 Å². The molecular formula is C20H19N7O2. The van der Waals surface area contributed by atoms with Crippen LogP contribution in [0.4, 0.5) is 5.69 Å². The van der Waals surface area contributed by atoms with Gasteiger partial charge in [0.05, 0.1) is 11.4 Å². The summed E-state index contributed by atoms with van der Waals surface area (Å²) in [6.07, 6.45) is 1.64. The molecule has 0 saturated carbocycles. The second-order valence-electron chi connectivity index (χ2n) is 6.71. The summed E-state index contributed by atoms with van der Waals surface area (Å²) < 4.78 is 3.17. The first-order valence-electron chi connectivity index (χ1n) is 8.99. The highest BCUT2D eigenvalue weighted by atomic mass is 16.2. The number of tetrazole rings is 1. The number of amides is 1. The fourth-order valence-electron chi connectivity index (χ4n) is 3.11. The topological polar surface area (TPSA) is 110 Å². The molecule has 9 heteroatoms. The van der Waals surface area contributed by atoms with Gasteiger partial charge in [0.25, 0.3) is 5.91 Å². The Morgan fingerprint density at radius 1 is 1.07 bits per heavy atom. The van der Waals surface area contributed by atoms with Crippen molar-refractivity contribution in [1.82, 2.24) is 29.8 Å². The molecule has 0 bridgehead atoms. The molecule has 0 fully saturated rings. The van der Waals surface area contributed by atoms with Gasteiger partial charge in [-0.15, -0.1) is 5.10 Å². The maximum absolute atomic E-state index is 12.7. The smallest absolute Gasteiger partial charge is 0.322 e. The summed E-state index contributed by atoms with van der Waals surface area (Å²) in [6.45, 7) is 5.59. The van der Waals surface area contributed by atoms with Crippen molar-refractivity contribution in [2.45, 2.75) is 20.8 Å². The van der Waals surface area contributed by atoms with Gasteiger partial charge in [0, 0.05) is 23.1 Å². The van der Waals surface area contributed by atoms with Crippen molar-refractivity contribution < 1.29 is 4.79 Å². The van der Waals surface area contributed by atoms with Crippen molar-refractivity contribution in [1.29, 1.82) is 0 Å². The van der Waals surface area contributed by atoms with Crippen LogP contribution in [-0.2, 0) is 0 Å². The number of rotatable bonds is 4. The van der Waals surface area contributed by atoms with E-state index in [1.165, 1.54) is 0 Å². The molecule has 29 heavy (non-hydrogen) atoms. The Labute approximate surface area is 166 Å². The fourth-order valence-corrected chi connectivity index (χ4v) is 3.11. The molecule has 0 spiro atoms. The Kier molecular flexibility index (Phi) is 4.55. The molecule has 0 atom stereocenters. The maximum atomic E-state index is 12.7. The van der Waals surface area contributed by atoms with Gasteiger partial charge in [-0.2, -0.15) is 4.68 Å². The average molecular weight is 389 g/mol. The molecule has 0 radical (unpaired) electrons. The minimum atomic E-state index is -0.252. The van der Waals surface area contributed by atoms with E-state index in [0.29, 0.717) is 22.8 Å². The van der Waals surface area contributed by atoms with Gasteiger partial charge in [-0.05, 0) is 73.2 Å². The van der Waals surface area contributed by atoms with Crippen LogP contribution in [0, 0.1) is 20.8 Å². The summed E-state index contributed by atoms with van der Waals surface area (Å²) in [5, 5.41) is 14.4. The first kappa shape index (κ1) is 18.4. The number of hydrogen-bond acceptors (Lipinski definition) is 5. The number of hydrogen-bond donors (Lipinski definition) is 2. The SMILES string of the molecule is Cc1ccc(NC(=O)c2ccc(-n3c(C)c[nH]c3=O)cc2)cc1-n1nnnc1C. The van der Waals surface area contributed by atoms with Crippen molar-refractivity contribution in [2.24, 2.45) is 0 Å². The van der Waals surface area contributed by atoms with Crippen LogP contribution < -0.4 is 11.0 Å². The summed E-state index contributed by atoms with van der Waals surface area (Å²) in [5.41, 5.74) is 4.15. The van der Waals surface area contributed by atoms with Crippen LogP contribution in [-0.4, -0.2) is 35.7 Å². The molecule has 2 heterocycles. The second kappa shape index (κ2) is 7.19. The minimum Gasteiger partial charge on any atom is -0.322 e. The molecule has 2 aromatic carbocycles. The first-order valence-corrected chi connectivity index (χ1v) is 8.99. The molecular weight excluding hydrogens is 370 g/mol. The molecule has 146 valence electrons. The van der Waals surface area contributed by atoms with E-state index in [4.69, 9.17) is 0 Å². The van der Waals surface area contributed by atoms with Gasteiger partial charge in [0.1, 0.15) is 0 Å². The highest BCUT2D eigenvalue weighted by molar-refractivity contribution is 6.04. The van der Waals surface area contributed by atoms with E-state index in [0.717, 1.165) is 16.9 Å². The van der Waals surface area contributed by atoms with E-state index in [1.54, 1.807) is 39.7 Å². The number of nitrogens with zero attached hydrogens (tertiary/aromatic N) is 5. The van der Waals surface area contributed by atoms with Crippen LogP contribution in [0.3, 0.4) is 0 Å². The van der Waals surface area contributed by atoms with Gasteiger partial charge in [0.2, 0.25) is 0 Å². The van der Waals surface area contributed by atoms with E-state index in [9.17, 15) is 9.59 Å². The highest BCUT2D eigenvalue weighted by Crippen LogP contribution is 2.20. The molecule has 0 aliphatic rings. The van der Waals surface area contributed by atoms with Gasteiger partial charge in [-0.25, -0.2) is 4.79 Å². The molecule has 0 aliphatic carbocycles. The van der Waals surface area contributed by atoms with Crippen LogP contribution in [0.2, 0.25) is 0 Å². The number of H-pyrrole nitrogens is 1. The van der Waals surface area contributed by atoms with Crippen LogP contribution in [0.5, 0.6) is 0 Å². The van der Waals surface area contributed by atoms with E-state index in [2.05, 4.69) is 25.8 Å². The lowest BCUT2D eigenvalue weighted by molar-refractivity contribution is 0.102. The Hall–Kier alpha value is -4.01. The van der Waals surface area contributed by atoms with E-state index in [-0.39, 0.29) is 11.6 Å². The summed E-state index contributed by atoms with van der Waals surface area (Å²) in [4.78, 5) is 27.2. The number of benzene rings is 2. The Bertz CT molecular complexity index is 1250. The zero-order chi connectivity index (χ0) is 20.5. The van der Waals surface area contributed by atoms with Crippen molar-refractivity contribution in [3.05, 3.63) is 81.8 Å². The fraction of sp³-hybridized carbons (Fsp3) is 0.150. The number of carbonyl (C=O) groups is 1. The van der Waals surface area contributed by atoms with Crippen LogP contribution in [0.15, 0.2) is 53.5 Å². The van der Waals surface area contributed by atoms with Gasteiger partial charge in [0.15, 0.2) is 5.82 Å². The standard InChI is InChI=1S/C20H19N7O2/c1-12-4-7-16(10-18(12)27-14(3)23-24-25-27)22-19(28)15-5-8-17(9-6-15)26-13(2)11-21-20(26)29/h4-11H,1-3H3,(H,21,29)(H,22,28). The van der Waals surface area contributed by atoms with E-state index in [1.807, 2.05) is 39.0 Å². The second-order valence-corrected chi connectivity index (χ2v) is 6.71. The lowest BCUT2D eigenvalue weighted by Crippen LogP contribution is -2.16. The van der Waals surface area contributed by atoms with Crippen molar-refractivity contribution in [2.75, 3.05) is 5.32 Å². The average Bonchev–Trinajstić information content (AvgIpc) is 3.28. The van der Waals surface area contributed by atoms with Crippen molar-refractivity contribution >= 4 is 11.6 Å². The van der Waals surface area contributed by atoms with Crippen LogP contribution >= 0.6 is 0 Å². The summed E-state index contributed by atoms with van der Waals surface area (Å²) in [5.74, 6) is 0.403. The third-order valence-corrected chi connectivity index (χ3v) is 4.67. The molecule has 2 aromatic heterocycles. The first-order chi connectivity index (χ1) is 13.9. The molecule has 1 amide bonds. The predicted octanol–water partition coefficient (Wildman–Crippen LogP) is 2.32. The lowest BCUT2D eigenvalue weighted by atomic mass is 10.1. The zero-order valence-electron chi connectivity index (χ0n) is 16.2. The number of anilines is 1. The molecule has 0 unspecified atom stereocenters. The van der Waals surface area contributed by atoms with Gasteiger partial charge in [-0.1, -0.05) is 6.07 Å². The summed E-state index contributed by atoms with van der Waals surface area (Å²) >= 11 is 0. The molecule has 4 aromatic rings. The normalized spacial score (nSPS) is 10.9. The van der Waals surface area contributed by atoms with Gasteiger partial charge < -0.3 is 10.3 Å². The zero-order valence-corrected chi connectivity index (χ0v) is 16.2. The number of aryl methyl sites for hydroxylation is 3. The highest BCUT2D eigenvalue weighted by Gasteiger charge is 2.12. The quantitative estimate of drug-likeness (QED) is 0.556. The molecule has 2 N–H and O–H groups in total. The van der Waals surface area contributed by atoms with E-state index < -0.39 is 0 Å². The number of aromatic nitrogens is 6. The largest absolute Gasteiger partial charge is 0.330 e.